The molecule has 7 nitrogen and oxygen atoms in total. The van der Waals surface area contributed by atoms with Gasteiger partial charge >= 0.3 is 6.01 Å². The Bertz CT molecular complexity index is 726. The Hall–Kier alpha value is -2.09. The highest BCUT2D eigenvalue weighted by Crippen LogP contribution is 2.24. The maximum atomic E-state index is 11.4. The number of sulfone groups is 1. The standard InChI is InChI=1S/C12H13N3O4S/c16-10-3-1-2-8(6-10)11-14-15-12(19-11)13-9-4-5-20(17,18)7-9/h1-3,6,9,16H,4-5,7H2,(H,13,15). The second kappa shape index (κ2) is 4.78. The third kappa shape index (κ3) is 2.74. The van der Waals surface area contributed by atoms with Crippen molar-refractivity contribution in [2.45, 2.75) is 12.5 Å². The van der Waals surface area contributed by atoms with Gasteiger partial charge in [0.05, 0.1) is 11.5 Å². The van der Waals surface area contributed by atoms with Crippen molar-refractivity contribution in [3.05, 3.63) is 24.3 Å². The molecule has 8 heteroatoms. The number of phenolic OH excluding ortho intramolecular Hbond substituents is 1. The van der Waals surface area contributed by atoms with Gasteiger partial charge in [-0.2, -0.15) is 0 Å². The van der Waals surface area contributed by atoms with E-state index in [0.29, 0.717) is 12.0 Å². The summed E-state index contributed by atoms with van der Waals surface area (Å²) in [6.07, 6.45) is 0.534. The Morgan fingerprint density at radius 2 is 2.20 bits per heavy atom. The van der Waals surface area contributed by atoms with E-state index in [9.17, 15) is 13.5 Å². The first kappa shape index (κ1) is 12.9. The summed E-state index contributed by atoms with van der Waals surface area (Å²) in [5, 5.41) is 20.0. The zero-order chi connectivity index (χ0) is 14.2. The van der Waals surface area contributed by atoms with E-state index in [1.807, 2.05) is 0 Å². The Labute approximate surface area is 115 Å². The van der Waals surface area contributed by atoms with Gasteiger partial charge in [-0.05, 0) is 24.6 Å². The summed E-state index contributed by atoms with van der Waals surface area (Å²) >= 11 is 0. The Balaban J connectivity index is 1.74. The zero-order valence-corrected chi connectivity index (χ0v) is 11.3. The number of rotatable bonds is 3. The minimum absolute atomic E-state index is 0.0802. The average Bonchev–Trinajstić information content (AvgIpc) is 2.97. The van der Waals surface area contributed by atoms with E-state index in [1.54, 1.807) is 18.2 Å². The maximum absolute atomic E-state index is 11.4. The number of aromatic hydroxyl groups is 1. The lowest BCUT2D eigenvalue weighted by atomic mass is 10.2. The highest BCUT2D eigenvalue weighted by molar-refractivity contribution is 7.91. The average molecular weight is 295 g/mol. The van der Waals surface area contributed by atoms with Crippen molar-refractivity contribution in [1.29, 1.82) is 0 Å². The van der Waals surface area contributed by atoms with Crippen LogP contribution in [0.1, 0.15) is 6.42 Å². The highest BCUT2D eigenvalue weighted by Gasteiger charge is 2.28. The zero-order valence-electron chi connectivity index (χ0n) is 10.5. The normalized spacial score (nSPS) is 20.9. The molecule has 0 saturated carbocycles. The number of nitrogens with one attached hydrogen (secondary N) is 1. The van der Waals surface area contributed by atoms with Gasteiger partial charge in [0.1, 0.15) is 5.75 Å². The van der Waals surface area contributed by atoms with Crippen molar-refractivity contribution in [2.75, 3.05) is 16.8 Å². The summed E-state index contributed by atoms with van der Waals surface area (Å²) in [7, 11) is -2.95. The molecule has 1 aliphatic heterocycles. The smallest absolute Gasteiger partial charge is 0.315 e. The third-order valence-corrected chi connectivity index (χ3v) is 4.85. The van der Waals surface area contributed by atoms with E-state index in [1.165, 1.54) is 6.07 Å². The van der Waals surface area contributed by atoms with Crippen molar-refractivity contribution >= 4 is 15.9 Å². The van der Waals surface area contributed by atoms with E-state index >= 15 is 0 Å². The van der Waals surface area contributed by atoms with Crippen LogP contribution in [0.2, 0.25) is 0 Å². The molecule has 0 radical (unpaired) electrons. The minimum atomic E-state index is -2.95. The van der Waals surface area contributed by atoms with Crippen LogP contribution in [0.25, 0.3) is 11.5 Å². The predicted molar refractivity (Wildman–Crippen MR) is 72.1 cm³/mol. The third-order valence-electron chi connectivity index (χ3n) is 3.08. The molecular formula is C12H13N3O4S. The number of nitrogens with zero attached hydrogens (tertiary/aromatic N) is 2. The number of hydrogen-bond donors (Lipinski definition) is 2. The maximum Gasteiger partial charge on any atom is 0.315 e. The van der Waals surface area contributed by atoms with Gasteiger partial charge in [-0.25, -0.2) is 8.42 Å². The molecule has 0 amide bonds. The largest absolute Gasteiger partial charge is 0.508 e. The summed E-state index contributed by atoms with van der Waals surface area (Å²) in [6, 6.07) is 6.45. The molecule has 106 valence electrons. The van der Waals surface area contributed by atoms with Crippen molar-refractivity contribution in [2.24, 2.45) is 0 Å². The molecule has 1 atom stereocenters. The predicted octanol–water partition coefficient (Wildman–Crippen LogP) is 1.04. The molecule has 20 heavy (non-hydrogen) atoms. The summed E-state index contributed by atoms with van der Waals surface area (Å²) in [5.41, 5.74) is 0.601. The van der Waals surface area contributed by atoms with Gasteiger partial charge in [0, 0.05) is 11.6 Å². The number of phenols is 1. The molecule has 1 aromatic carbocycles. The van der Waals surface area contributed by atoms with Crippen molar-refractivity contribution in [3.63, 3.8) is 0 Å². The summed E-state index contributed by atoms with van der Waals surface area (Å²) < 4.78 is 28.1. The fraction of sp³-hybridized carbons (Fsp3) is 0.333. The van der Waals surface area contributed by atoms with Crippen LogP contribution in [0, 0.1) is 0 Å². The van der Waals surface area contributed by atoms with Crippen LogP contribution >= 0.6 is 0 Å². The molecule has 1 aliphatic rings. The Kier molecular flexibility index (Phi) is 3.09. The van der Waals surface area contributed by atoms with Gasteiger partial charge < -0.3 is 14.8 Å². The van der Waals surface area contributed by atoms with Crippen molar-refractivity contribution < 1.29 is 17.9 Å². The van der Waals surface area contributed by atoms with E-state index in [0.717, 1.165) is 0 Å². The van der Waals surface area contributed by atoms with Gasteiger partial charge in [-0.15, -0.1) is 5.10 Å². The second-order valence-electron chi connectivity index (χ2n) is 4.71. The van der Waals surface area contributed by atoms with E-state index in [2.05, 4.69) is 15.5 Å². The van der Waals surface area contributed by atoms with Gasteiger partial charge in [-0.3, -0.25) is 0 Å². The fourth-order valence-corrected chi connectivity index (χ4v) is 3.79. The molecule has 2 aromatic rings. The Morgan fingerprint density at radius 3 is 2.90 bits per heavy atom. The monoisotopic (exact) mass is 295 g/mol. The molecule has 0 bridgehead atoms. The molecule has 2 heterocycles. The van der Waals surface area contributed by atoms with Crippen LogP contribution in [0.5, 0.6) is 5.75 Å². The molecule has 0 aliphatic carbocycles. The number of benzene rings is 1. The van der Waals surface area contributed by atoms with E-state index in [-0.39, 0.29) is 35.2 Å². The van der Waals surface area contributed by atoms with Crippen LogP contribution in [0.4, 0.5) is 6.01 Å². The van der Waals surface area contributed by atoms with Crippen molar-refractivity contribution in [1.82, 2.24) is 10.2 Å². The Morgan fingerprint density at radius 1 is 1.35 bits per heavy atom. The van der Waals surface area contributed by atoms with E-state index < -0.39 is 9.84 Å². The first-order chi connectivity index (χ1) is 9.52. The topological polar surface area (TPSA) is 105 Å². The van der Waals surface area contributed by atoms with Crippen LogP contribution in [-0.2, 0) is 9.84 Å². The lowest BCUT2D eigenvalue weighted by Gasteiger charge is -2.06. The molecule has 1 fully saturated rings. The summed E-state index contributed by atoms with van der Waals surface area (Å²) in [6.45, 7) is 0. The lowest BCUT2D eigenvalue weighted by molar-refractivity contribution is 0.475. The summed E-state index contributed by atoms with van der Waals surface area (Å²) in [5.74, 6) is 0.635. The highest BCUT2D eigenvalue weighted by atomic mass is 32.2. The number of hydrogen-bond acceptors (Lipinski definition) is 7. The molecule has 1 saturated heterocycles. The molecule has 2 N–H and O–H groups in total. The first-order valence-electron chi connectivity index (χ1n) is 6.12. The van der Waals surface area contributed by atoms with Crippen LogP contribution in [0.15, 0.2) is 28.7 Å². The van der Waals surface area contributed by atoms with Gasteiger partial charge in [0.2, 0.25) is 5.89 Å². The lowest BCUT2D eigenvalue weighted by Crippen LogP contribution is -2.20. The van der Waals surface area contributed by atoms with Gasteiger partial charge in [-0.1, -0.05) is 11.2 Å². The van der Waals surface area contributed by atoms with Crippen molar-refractivity contribution in [3.8, 4) is 17.2 Å². The SMILES string of the molecule is O=S1(=O)CCC(Nc2nnc(-c3cccc(O)c3)o2)C1. The fourth-order valence-electron chi connectivity index (χ4n) is 2.12. The van der Waals surface area contributed by atoms with Crippen LogP contribution in [0.3, 0.4) is 0 Å². The minimum Gasteiger partial charge on any atom is -0.508 e. The molecular weight excluding hydrogens is 282 g/mol. The van der Waals surface area contributed by atoms with E-state index in [4.69, 9.17) is 4.42 Å². The summed E-state index contributed by atoms with van der Waals surface area (Å²) in [4.78, 5) is 0. The number of anilines is 1. The molecule has 1 unspecified atom stereocenters. The molecule has 3 rings (SSSR count). The number of aromatic nitrogens is 2. The van der Waals surface area contributed by atoms with Crippen LogP contribution < -0.4 is 5.32 Å². The molecule has 1 aromatic heterocycles. The van der Waals surface area contributed by atoms with Crippen LogP contribution in [-0.4, -0.2) is 41.3 Å². The quantitative estimate of drug-likeness (QED) is 0.871. The van der Waals surface area contributed by atoms with Gasteiger partial charge in [0.15, 0.2) is 9.84 Å². The molecule has 0 spiro atoms. The van der Waals surface area contributed by atoms with Gasteiger partial charge in [0.25, 0.3) is 0 Å². The second-order valence-corrected chi connectivity index (χ2v) is 6.94. The first-order valence-corrected chi connectivity index (χ1v) is 7.94.